The van der Waals surface area contributed by atoms with Crippen LogP contribution >= 0.6 is 0 Å². The van der Waals surface area contributed by atoms with E-state index in [0.29, 0.717) is 5.92 Å². The minimum atomic E-state index is 0.597. The second-order valence-electron chi connectivity index (χ2n) is 4.98. The molecule has 0 unspecified atom stereocenters. The van der Waals surface area contributed by atoms with Crippen molar-refractivity contribution in [3.63, 3.8) is 0 Å². The van der Waals surface area contributed by atoms with Crippen molar-refractivity contribution >= 4 is 11.6 Å². The topological polar surface area (TPSA) is 49.8 Å². The van der Waals surface area contributed by atoms with E-state index < -0.39 is 0 Å². The third-order valence-corrected chi connectivity index (χ3v) is 3.08. The van der Waals surface area contributed by atoms with E-state index in [1.54, 1.807) is 0 Å². The van der Waals surface area contributed by atoms with Crippen molar-refractivity contribution in [3.05, 3.63) is 11.9 Å². The normalized spacial score (nSPS) is 14.6. The van der Waals surface area contributed by atoms with Gasteiger partial charge in [-0.15, -0.1) is 0 Å². The Hall–Kier alpha value is -1.32. The fourth-order valence-corrected chi connectivity index (χ4v) is 1.82. The molecule has 18 heavy (non-hydrogen) atoms. The number of nitrogens with zero attached hydrogens (tertiary/aromatic N) is 2. The van der Waals surface area contributed by atoms with Crippen LogP contribution in [0.2, 0.25) is 0 Å². The molecule has 1 aliphatic carbocycles. The Kier molecular flexibility index (Phi) is 4.79. The molecular formula is C14H24N4. The van der Waals surface area contributed by atoms with Gasteiger partial charge in [-0.2, -0.15) is 0 Å². The average molecular weight is 248 g/mol. The van der Waals surface area contributed by atoms with Crippen LogP contribution in [0.25, 0.3) is 0 Å². The van der Waals surface area contributed by atoms with Crippen molar-refractivity contribution in [3.8, 4) is 0 Å². The molecule has 0 radical (unpaired) electrons. The fraction of sp³-hybridized carbons (Fsp3) is 0.714. The molecule has 1 fully saturated rings. The number of anilines is 2. The Labute approximate surface area is 110 Å². The minimum Gasteiger partial charge on any atom is -0.370 e. The molecule has 1 heterocycles. The Morgan fingerprint density at radius 1 is 1.06 bits per heavy atom. The van der Waals surface area contributed by atoms with Gasteiger partial charge in [0.1, 0.15) is 17.5 Å². The zero-order chi connectivity index (χ0) is 12.8. The molecule has 0 aromatic carbocycles. The van der Waals surface area contributed by atoms with Gasteiger partial charge in [-0.05, 0) is 25.7 Å². The van der Waals surface area contributed by atoms with Gasteiger partial charge in [-0.1, -0.05) is 20.3 Å². The van der Waals surface area contributed by atoms with Gasteiger partial charge in [0.15, 0.2) is 0 Å². The number of hydrogen-bond acceptors (Lipinski definition) is 4. The third kappa shape index (κ3) is 3.86. The Morgan fingerprint density at radius 3 is 2.28 bits per heavy atom. The van der Waals surface area contributed by atoms with Crippen molar-refractivity contribution in [2.45, 2.75) is 51.9 Å². The number of hydrogen-bond donors (Lipinski definition) is 2. The standard InChI is InChI=1S/C14H24N4/c1-3-5-9-16-13-10-12(15-8-4-2)17-14(18-13)11-6-7-11/h10-11H,3-9H2,1-2H3,(H2,15,16,17,18). The van der Waals surface area contributed by atoms with Crippen LogP contribution in [-0.2, 0) is 0 Å². The van der Waals surface area contributed by atoms with Crippen molar-refractivity contribution < 1.29 is 0 Å². The van der Waals surface area contributed by atoms with Crippen LogP contribution in [-0.4, -0.2) is 23.1 Å². The van der Waals surface area contributed by atoms with Gasteiger partial charge in [0, 0.05) is 25.1 Å². The highest BCUT2D eigenvalue weighted by molar-refractivity contribution is 5.48. The molecule has 0 spiro atoms. The second kappa shape index (κ2) is 6.57. The Balaban J connectivity index is 2.03. The number of nitrogens with one attached hydrogen (secondary N) is 2. The van der Waals surface area contributed by atoms with Crippen LogP contribution < -0.4 is 10.6 Å². The molecule has 1 aromatic rings. The molecule has 0 amide bonds. The zero-order valence-electron chi connectivity index (χ0n) is 11.5. The largest absolute Gasteiger partial charge is 0.370 e. The first-order valence-electron chi connectivity index (χ1n) is 7.20. The molecule has 1 aliphatic rings. The van der Waals surface area contributed by atoms with Crippen LogP contribution in [0, 0.1) is 0 Å². The highest BCUT2D eigenvalue weighted by Crippen LogP contribution is 2.38. The summed E-state index contributed by atoms with van der Waals surface area (Å²) in [5, 5.41) is 6.75. The molecule has 0 bridgehead atoms. The summed E-state index contributed by atoms with van der Waals surface area (Å²) >= 11 is 0. The van der Waals surface area contributed by atoms with Crippen molar-refractivity contribution in [2.75, 3.05) is 23.7 Å². The lowest BCUT2D eigenvalue weighted by atomic mass is 10.3. The van der Waals surface area contributed by atoms with Gasteiger partial charge in [0.05, 0.1) is 0 Å². The molecule has 2 N–H and O–H groups in total. The van der Waals surface area contributed by atoms with E-state index in [1.807, 2.05) is 6.07 Å². The van der Waals surface area contributed by atoms with Crippen molar-refractivity contribution in [2.24, 2.45) is 0 Å². The average Bonchev–Trinajstić information content (AvgIpc) is 3.21. The number of rotatable bonds is 8. The lowest BCUT2D eigenvalue weighted by Crippen LogP contribution is -2.09. The van der Waals surface area contributed by atoms with Crippen LogP contribution in [0.3, 0.4) is 0 Å². The first-order valence-corrected chi connectivity index (χ1v) is 7.20. The van der Waals surface area contributed by atoms with Crippen molar-refractivity contribution in [1.82, 2.24) is 9.97 Å². The van der Waals surface area contributed by atoms with Crippen LogP contribution in [0.15, 0.2) is 6.07 Å². The first-order chi connectivity index (χ1) is 8.83. The molecule has 1 saturated carbocycles. The van der Waals surface area contributed by atoms with Gasteiger partial charge in [0.2, 0.25) is 0 Å². The second-order valence-corrected chi connectivity index (χ2v) is 4.98. The summed E-state index contributed by atoms with van der Waals surface area (Å²) in [7, 11) is 0. The zero-order valence-corrected chi connectivity index (χ0v) is 11.5. The summed E-state index contributed by atoms with van der Waals surface area (Å²) in [6.07, 6.45) is 5.98. The summed E-state index contributed by atoms with van der Waals surface area (Å²) in [5.41, 5.74) is 0. The maximum Gasteiger partial charge on any atom is 0.136 e. The molecular weight excluding hydrogens is 224 g/mol. The first kappa shape index (κ1) is 13.1. The van der Waals surface area contributed by atoms with E-state index in [1.165, 1.54) is 25.7 Å². The van der Waals surface area contributed by atoms with Gasteiger partial charge in [-0.25, -0.2) is 9.97 Å². The van der Waals surface area contributed by atoms with E-state index in [4.69, 9.17) is 0 Å². The summed E-state index contributed by atoms with van der Waals surface area (Å²) in [4.78, 5) is 9.21. The van der Waals surface area contributed by atoms with E-state index in [-0.39, 0.29) is 0 Å². The smallest absolute Gasteiger partial charge is 0.136 e. The Morgan fingerprint density at radius 2 is 1.72 bits per heavy atom. The third-order valence-electron chi connectivity index (χ3n) is 3.08. The molecule has 2 rings (SSSR count). The molecule has 1 aromatic heterocycles. The lowest BCUT2D eigenvalue weighted by molar-refractivity contribution is 0.825. The lowest BCUT2D eigenvalue weighted by Gasteiger charge is -2.10. The molecule has 4 nitrogen and oxygen atoms in total. The molecule has 0 aliphatic heterocycles. The quantitative estimate of drug-likeness (QED) is 0.692. The van der Waals surface area contributed by atoms with Gasteiger partial charge in [0.25, 0.3) is 0 Å². The van der Waals surface area contributed by atoms with Crippen molar-refractivity contribution in [1.29, 1.82) is 0 Å². The van der Waals surface area contributed by atoms with Crippen LogP contribution in [0.1, 0.15) is 57.7 Å². The SMILES string of the molecule is CCCCNc1cc(NCCC)nc(C2CC2)n1. The summed E-state index contributed by atoms with van der Waals surface area (Å²) in [5.74, 6) is 3.54. The molecule has 4 heteroatoms. The van der Waals surface area contributed by atoms with Gasteiger partial charge < -0.3 is 10.6 Å². The van der Waals surface area contributed by atoms with E-state index in [2.05, 4.69) is 34.4 Å². The molecule has 0 saturated heterocycles. The summed E-state index contributed by atoms with van der Waals surface area (Å²) < 4.78 is 0. The Bertz CT molecular complexity index is 374. The maximum absolute atomic E-state index is 4.61. The van der Waals surface area contributed by atoms with E-state index >= 15 is 0 Å². The summed E-state index contributed by atoms with van der Waals surface area (Å²) in [6.45, 7) is 6.32. The summed E-state index contributed by atoms with van der Waals surface area (Å²) in [6, 6.07) is 2.02. The monoisotopic (exact) mass is 248 g/mol. The van der Waals surface area contributed by atoms with Gasteiger partial charge in [-0.3, -0.25) is 0 Å². The maximum atomic E-state index is 4.61. The molecule has 0 atom stereocenters. The van der Waals surface area contributed by atoms with Crippen LogP contribution in [0.4, 0.5) is 11.6 Å². The number of aromatic nitrogens is 2. The number of unbranched alkanes of at least 4 members (excludes halogenated alkanes) is 1. The highest BCUT2D eigenvalue weighted by Gasteiger charge is 2.27. The van der Waals surface area contributed by atoms with Crippen LogP contribution in [0.5, 0.6) is 0 Å². The highest BCUT2D eigenvalue weighted by atomic mass is 15.1. The van der Waals surface area contributed by atoms with E-state index in [0.717, 1.165) is 37.0 Å². The van der Waals surface area contributed by atoms with E-state index in [9.17, 15) is 0 Å². The predicted molar refractivity (Wildman–Crippen MR) is 76.2 cm³/mol. The fourth-order valence-electron chi connectivity index (χ4n) is 1.82. The molecule has 100 valence electrons. The van der Waals surface area contributed by atoms with Gasteiger partial charge >= 0.3 is 0 Å². The minimum absolute atomic E-state index is 0.597. The predicted octanol–water partition coefficient (Wildman–Crippen LogP) is 3.39.